The van der Waals surface area contributed by atoms with Gasteiger partial charge in [0.05, 0.1) is 24.0 Å². The maximum Gasteiger partial charge on any atom is 0.328 e. The Morgan fingerprint density at radius 1 is 0.833 bits per heavy atom. The van der Waals surface area contributed by atoms with E-state index in [0.717, 1.165) is 11.1 Å². The average molecular weight is 511 g/mol. The zero-order valence-corrected chi connectivity index (χ0v) is 21.4. The van der Waals surface area contributed by atoms with Gasteiger partial charge in [0.1, 0.15) is 6.61 Å². The Hall–Kier alpha value is -3.26. The van der Waals surface area contributed by atoms with Gasteiger partial charge >= 0.3 is 17.9 Å². The minimum Gasteiger partial charge on any atom is -0.465 e. The Balaban J connectivity index is 1.93. The highest BCUT2D eigenvalue weighted by Crippen LogP contribution is 2.63. The van der Waals surface area contributed by atoms with E-state index in [0.29, 0.717) is 4.90 Å². The van der Waals surface area contributed by atoms with Crippen LogP contribution in [0.1, 0.15) is 31.4 Å². The van der Waals surface area contributed by atoms with Crippen LogP contribution in [0.4, 0.5) is 0 Å². The summed E-state index contributed by atoms with van der Waals surface area (Å²) in [6.45, 7) is 4.98. The molecule has 1 unspecified atom stereocenters. The number of carbonyl (C=O) groups is 3. The Bertz CT molecular complexity index is 1170. The van der Waals surface area contributed by atoms with Crippen LogP contribution in [0.25, 0.3) is 0 Å². The molecule has 0 radical (unpaired) electrons. The van der Waals surface area contributed by atoms with Crippen molar-refractivity contribution in [2.24, 2.45) is 17.3 Å². The molecule has 8 heteroatoms. The van der Waals surface area contributed by atoms with E-state index in [1.807, 2.05) is 25.1 Å². The van der Waals surface area contributed by atoms with Gasteiger partial charge in [0.2, 0.25) is 0 Å². The van der Waals surface area contributed by atoms with E-state index in [4.69, 9.17) is 14.2 Å². The molecule has 2 aliphatic carbocycles. The molecule has 7 nitrogen and oxygen atoms in total. The van der Waals surface area contributed by atoms with Gasteiger partial charge in [-0.2, -0.15) is 0 Å². The number of allylic oxidation sites excluding steroid dienone is 2. The molecule has 2 aromatic carbocycles. The molecular formula is C28H30O7S. The van der Waals surface area contributed by atoms with Gasteiger partial charge in [-0.05, 0) is 44.9 Å². The van der Waals surface area contributed by atoms with Gasteiger partial charge in [0, 0.05) is 16.7 Å². The van der Waals surface area contributed by atoms with E-state index in [9.17, 15) is 18.6 Å². The van der Waals surface area contributed by atoms with Crippen molar-refractivity contribution in [3.8, 4) is 0 Å². The third kappa shape index (κ3) is 3.88. The number of rotatable bonds is 9. The topological polar surface area (TPSA) is 96.0 Å². The fraction of sp³-hybridized carbons (Fsp3) is 0.393. The number of benzene rings is 2. The van der Waals surface area contributed by atoms with Gasteiger partial charge in [0.15, 0.2) is 10.2 Å². The van der Waals surface area contributed by atoms with Crippen molar-refractivity contribution in [3.63, 3.8) is 0 Å². The quantitative estimate of drug-likeness (QED) is 0.218. The van der Waals surface area contributed by atoms with E-state index in [1.54, 1.807) is 62.4 Å². The van der Waals surface area contributed by atoms with E-state index in [2.05, 4.69) is 0 Å². The van der Waals surface area contributed by atoms with Gasteiger partial charge in [-0.15, -0.1) is 0 Å². The summed E-state index contributed by atoms with van der Waals surface area (Å²) in [4.78, 5) is 42.0. The second-order valence-electron chi connectivity index (χ2n) is 8.96. The summed E-state index contributed by atoms with van der Waals surface area (Å²) in [7, 11) is -2.16. The van der Waals surface area contributed by atoms with Crippen molar-refractivity contribution in [1.29, 1.82) is 0 Å². The number of fused-ring (bicyclic) bond motifs is 2. The number of aryl methyl sites for hydroxylation is 1. The molecule has 0 aromatic heterocycles. The van der Waals surface area contributed by atoms with E-state index in [-0.39, 0.29) is 26.2 Å². The fourth-order valence-electron chi connectivity index (χ4n) is 5.42. The lowest BCUT2D eigenvalue weighted by Crippen LogP contribution is -2.67. The largest absolute Gasteiger partial charge is 0.465 e. The van der Waals surface area contributed by atoms with E-state index in [1.165, 1.54) is 0 Å². The first-order valence-electron chi connectivity index (χ1n) is 12.1. The van der Waals surface area contributed by atoms with E-state index >= 15 is 0 Å². The van der Waals surface area contributed by atoms with Crippen molar-refractivity contribution in [2.75, 3.05) is 13.2 Å². The third-order valence-corrected chi connectivity index (χ3v) is 9.06. The molecule has 2 aromatic rings. The number of hydrogen-bond donors (Lipinski definition) is 0. The van der Waals surface area contributed by atoms with Crippen LogP contribution >= 0.6 is 0 Å². The van der Waals surface area contributed by atoms with Gasteiger partial charge < -0.3 is 14.2 Å². The first kappa shape index (κ1) is 25.8. The van der Waals surface area contributed by atoms with Crippen LogP contribution in [0.3, 0.4) is 0 Å². The van der Waals surface area contributed by atoms with Crippen LogP contribution in [0.5, 0.6) is 0 Å². The van der Waals surface area contributed by atoms with Crippen LogP contribution in [0, 0.1) is 24.2 Å². The highest BCUT2D eigenvalue weighted by Gasteiger charge is 2.81. The van der Waals surface area contributed by atoms with Crippen LogP contribution in [-0.2, 0) is 46.0 Å². The van der Waals surface area contributed by atoms with Crippen LogP contribution in [0.15, 0.2) is 71.6 Å². The standard InChI is InChI=1S/C28H30O7S/c1-4-33-24(29)27(25(30)34-5-2)21-13-14-22(17-21)28(27,36(32)23-15-11-19(3)12-16-23)26(31)35-18-20-9-7-6-8-10-20/h6-16,21-22H,4-5,17-18H2,1-3H3/t21-,22+,28+,36?/m0/s1. The monoisotopic (exact) mass is 510 g/mol. The summed E-state index contributed by atoms with van der Waals surface area (Å²) >= 11 is 0. The Morgan fingerprint density at radius 2 is 1.42 bits per heavy atom. The molecular weight excluding hydrogens is 480 g/mol. The summed E-state index contributed by atoms with van der Waals surface area (Å²) in [5.74, 6) is -4.14. The summed E-state index contributed by atoms with van der Waals surface area (Å²) in [6, 6.07) is 15.9. The lowest BCUT2D eigenvalue weighted by molar-refractivity contribution is -0.183. The minimum absolute atomic E-state index is 0.0204. The van der Waals surface area contributed by atoms with Crippen molar-refractivity contribution < 1.29 is 32.8 Å². The second kappa shape index (κ2) is 10.4. The van der Waals surface area contributed by atoms with Crippen LogP contribution < -0.4 is 0 Å². The van der Waals surface area contributed by atoms with E-state index < -0.39 is 50.7 Å². The molecule has 1 saturated carbocycles. The molecule has 4 atom stereocenters. The van der Waals surface area contributed by atoms with Gasteiger partial charge in [-0.3, -0.25) is 18.6 Å². The summed E-state index contributed by atoms with van der Waals surface area (Å²) in [5.41, 5.74) is -0.493. The molecule has 0 aliphatic heterocycles. The number of carbonyl (C=O) groups excluding carboxylic acids is 3. The highest BCUT2D eigenvalue weighted by atomic mass is 32.2. The first-order chi connectivity index (χ1) is 17.3. The summed E-state index contributed by atoms with van der Waals surface area (Å²) in [6.07, 6.45) is 3.76. The summed E-state index contributed by atoms with van der Waals surface area (Å²) in [5, 5.41) is 0. The third-order valence-electron chi connectivity index (χ3n) is 6.99. The maximum absolute atomic E-state index is 14.5. The number of ether oxygens (including phenoxy) is 3. The molecule has 36 heavy (non-hydrogen) atoms. The SMILES string of the molecule is CCOC(=O)C1(C(=O)OCC)[C@H]2C=C[C@H](C2)[C@]1(C(=O)OCc1ccccc1)S(=O)c1ccc(C)cc1. The molecule has 190 valence electrons. The summed E-state index contributed by atoms with van der Waals surface area (Å²) < 4.78 is 29.0. The van der Waals surface area contributed by atoms with Crippen LogP contribution in [0.2, 0.25) is 0 Å². The zero-order chi connectivity index (χ0) is 25.9. The molecule has 2 bridgehead atoms. The molecule has 0 spiro atoms. The molecule has 1 fully saturated rings. The molecule has 4 rings (SSSR count). The predicted octanol–water partition coefficient (Wildman–Crippen LogP) is 3.90. The first-order valence-corrected chi connectivity index (χ1v) is 13.2. The lowest BCUT2D eigenvalue weighted by Gasteiger charge is -2.44. The minimum atomic E-state index is -2.16. The molecule has 0 saturated heterocycles. The maximum atomic E-state index is 14.5. The highest BCUT2D eigenvalue weighted by molar-refractivity contribution is 7.87. The zero-order valence-electron chi connectivity index (χ0n) is 20.6. The van der Waals surface area contributed by atoms with Crippen LogP contribution in [-0.4, -0.2) is 40.1 Å². The molecule has 0 amide bonds. The van der Waals surface area contributed by atoms with Crippen molar-refractivity contribution in [1.82, 2.24) is 0 Å². The van der Waals surface area contributed by atoms with Gasteiger partial charge in [0.25, 0.3) is 0 Å². The Labute approximate surface area is 213 Å². The van der Waals surface area contributed by atoms with Gasteiger partial charge in [-0.25, -0.2) is 0 Å². The smallest absolute Gasteiger partial charge is 0.328 e. The Kier molecular flexibility index (Phi) is 7.45. The van der Waals surface area contributed by atoms with Crippen molar-refractivity contribution in [3.05, 3.63) is 77.9 Å². The predicted molar refractivity (Wildman–Crippen MR) is 133 cm³/mol. The lowest BCUT2D eigenvalue weighted by atomic mass is 9.67. The molecule has 0 N–H and O–H groups in total. The second-order valence-corrected chi connectivity index (χ2v) is 10.6. The number of hydrogen-bond acceptors (Lipinski definition) is 7. The van der Waals surface area contributed by atoms with Gasteiger partial charge in [-0.1, -0.05) is 60.2 Å². The number of esters is 3. The molecule has 0 heterocycles. The van der Waals surface area contributed by atoms with Crippen molar-refractivity contribution >= 4 is 28.7 Å². The Morgan fingerprint density at radius 3 is 2.00 bits per heavy atom. The average Bonchev–Trinajstić information content (AvgIpc) is 3.48. The fourth-order valence-corrected chi connectivity index (χ4v) is 7.44. The molecule has 2 aliphatic rings. The normalized spacial score (nSPS) is 24.2. The van der Waals surface area contributed by atoms with Crippen molar-refractivity contribution in [2.45, 2.75) is 43.4 Å².